The van der Waals surface area contributed by atoms with Crippen LogP contribution in [0.4, 0.5) is 0 Å². The number of carbonyl (C=O) groups is 1. The van der Waals surface area contributed by atoms with Crippen molar-refractivity contribution >= 4 is 5.78 Å². The van der Waals surface area contributed by atoms with Crippen LogP contribution in [-0.4, -0.2) is 10.4 Å². The molecule has 0 spiro atoms. The molecule has 0 aliphatic heterocycles. The van der Waals surface area contributed by atoms with Crippen LogP contribution in [-0.2, 0) is 7.05 Å². The number of aryl methyl sites for hydroxylation is 1. The quantitative estimate of drug-likeness (QED) is 0.332. The highest BCUT2D eigenvalue weighted by Crippen LogP contribution is 1.99. The van der Waals surface area contributed by atoms with E-state index in [1.807, 2.05) is 19.3 Å². The molecule has 0 aliphatic carbocycles. The summed E-state index contributed by atoms with van der Waals surface area (Å²) in [6, 6.07) is 3.58. The summed E-state index contributed by atoms with van der Waals surface area (Å²) in [6.45, 7) is 1.65. The molecule has 1 aromatic rings. The third kappa shape index (κ3) is 1.50. The molecule has 0 atom stereocenters. The van der Waals surface area contributed by atoms with Crippen molar-refractivity contribution in [2.24, 2.45) is 7.05 Å². The summed E-state index contributed by atoms with van der Waals surface area (Å²) < 4.78 is 1.76. The fourth-order valence-electron chi connectivity index (χ4n) is 0.875. The molecule has 1 aromatic heterocycles. The number of ketones is 1. The van der Waals surface area contributed by atoms with Gasteiger partial charge in [-0.3, -0.25) is 4.79 Å². The molecule has 0 fully saturated rings. The molecular formula is C9H9NO. The van der Waals surface area contributed by atoms with E-state index < -0.39 is 0 Å². The van der Waals surface area contributed by atoms with Gasteiger partial charge in [-0.1, -0.05) is 5.92 Å². The Morgan fingerprint density at radius 2 is 2.36 bits per heavy atom. The normalized spacial score (nSPS) is 8.55. The van der Waals surface area contributed by atoms with Crippen molar-refractivity contribution in [1.29, 1.82) is 0 Å². The zero-order chi connectivity index (χ0) is 8.27. The van der Waals surface area contributed by atoms with E-state index in [1.54, 1.807) is 17.6 Å². The summed E-state index contributed by atoms with van der Waals surface area (Å²) in [7, 11) is 1.82. The molecule has 0 N–H and O–H groups in total. The highest BCUT2D eigenvalue weighted by Gasteiger charge is 2.03. The Kier molecular flexibility index (Phi) is 2.12. The van der Waals surface area contributed by atoms with Gasteiger partial charge in [-0.25, -0.2) is 0 Å². The molecule has 56 valence electrons. The lowest BCUT2D eigenvalue weighted by Gasteiger charge is -1.94. The molecule has 2 nitrogen and oxygen atoms in total. The van der Waals surface area contributed by atoms with Crippen molar-refractivity contribution in [2.45, 2.75) is 6.92 Å². The van der Waals surface area contributed by atoms with Gasteiger partial charge < -0.3 is 4.57 Å². The van der Waals surface area contributed by atoms with E-state index in [0.29, 0.717) is 5.69 Å². The van der Waals surface area contributed by atoms with Crippen LogP contribution in [0.25, 0.3) is 0 Å². The van der Waals surface area contributed by atoms with Gasteiger partial charge >= 0.3 is 0 Å². The van der Waals surface area contributed by atoms with Gasteiger partial charge in [0.15, 0.2) is 0 Å². The molecule has 2 heteroatoms. The molecule has 0 bridgehead atoms. The second-order valence-electron chi connectivity index (χ2n) is 2.21. The van der Waals surface area contributed by atoms with Gasteiger partial charge in [0.05, 0.1) is 5.69 Å². The molecule has 0 aromatic carbocycles. The summed E-state index contributed by atoms with van der Waals surface area (Å²) >= 11 is 0. The monoisotopic (exact) mass is 147 g/mol. The van der Waals surface area contributed by atoms with Gasteiger partial charge in [-0.2, -0.15) is 0 Å². The van der Waals surface area contributed by atoms with Crippen LogP contribution >= 0.6 is 0 Å². The number of nitrogens with zero attached hydrogens (tertiary/aromatic N) is 1. The molecule has 1 heterocycles. The first kappa shape index (κ1) is 7.62. The summed E-state index contributed by atoms with van der Waals surface area (Å²) in [5, 5.41) is 0. The standard InChI is InChI=1S/C9H9NO/c1-3-5-9(11)8-6-4-7-10(8)2/h4,6-7H,1-2H3. The van der Waals surface area contributed by atoms with Crippen LogP contribution in [0.1, 0.15) is 17.4 Å². The van der Waals surface area contributed by atoms with Crippen LogP contribution in [0.15, 0.2) is 18.3 Å². The lowest BCUT2D eigenvalue weighted by molar-refractivity contribution is 0.104. The minimum Gasteiger partial charge on any atom is -0.347 e. The van der Waals surface area contributed by atoms with E-state index in [4.69, 9.17) is 0 Å². The Labute approximate surface area is 65.8 Å². The smallest absolute Gasteiger partial charge is 0.252 e. The second-order valence-corrected chi connectivity index (χ2v) is 2.21. The maximum absolute atomic E-state index is 11.1. The Hall–Kier alpha value is -1.49. The summed E-state index contributed by atoms with van der Waals surface area (Å²) in [6.07, 6.45) is 1.82. The predicted molar refractivity (Wildman–Crippen MR) is 43.2 cm³/mol. The van der Waals surface area contributed by atoms with Crippen LogP contribution < -0.4 is 0 Å². The fourth-order valence-corrected chi connectivity index (χ4v) is 0.875. The van der Waals surface area contributed by atoms with Crippen LogP contribution in [0.2, 0.25) is 0 Å². The average Bonchev–Trinajstić information content (AvgIpc) is 2.36. The van der Waals surface area contributed by atoms with E-state index in [2.05, 4.69) is 11.8 Å². The molecule has 11 heavy (non-hydrogen) atoms. The highest BCUT2D eigenvalue weighted by atomic mass is 16.1. The van der Waals surface area contributed by atoms with Crippen LogP contribution in [0, 0.1) is 11.8 Å². The maximum atomic E-state index is 11.1. The van der Waals surface area contributed by atoms with Crippen molar-refractivity contribution in [3.05, 3.63) is 24.0 Å². The van der Waals surface area contributed by atoms with Gasteiger partial charge in [-0.05, 0) is 25.0 Å². The van der Waals surface area contributed by atoms with Gasteiger partial charge in [-0.15, -0.1) is 0 Å². The van der Waals surface area contributed by atoms with Gasteiger partial charge in [0.1, 0.15) is 0 Å². The van der Waals surface area contributed by atoms with E-state index in [0.717, 1.165) is 0 Å². The highest BCUT2D eigenvalue weighted by molar-refractivity contribution is 6.07. The third-order valence-electron chi connectivity index (χ3n) is 1.41. The van der Waals surface area contributed by atoms with Gasteiger partial charge in [0, 0.05) is 13.2 Å². The molecule has 0 radical (unpaired) electrons. The second kappa shape index (κ2) is 3.07. The molecular weight excluding hydrogens is 138 g/mol. The molecule has 0 saturated heterocycles. The van der Waals surface area contributed by atoms with E-state index in [9.17, 15) is 4.79 Å². The predicted octanol–water partition coefficient (Wildman–Crippen LogP) is 1.23. The molecule has 1 rings (SSSR count). The molecule has 0 unspecified atom stereocenters. The van der Waals surface area contributed by atoms with Crippen molar-refractivity contribution in [3.63, 3.8) is 0 Å². The SMILES string of the molecule is CC#CC(=O)c1cccn1C. The largest absolute Gasteiger partial charge is 0.347 e. The molecule has 0 saturated carbocycles. The summed E-state index contributed by atoms with van der Waals surface area (Å²) in [5.74, 6) is 4.92. The minimum absolute atomic E-state index is 0.125. The Bertz CT molecular complexity index is 325. The first-order chi connectivity index (χ1) is 5.25. The van der Waals surface area contributed by atoms with Crippen molar-refractivity contribution in [3.8, 4) is 11.8 Å². The Morgan fingerprint density at radius 1 is 1.64 bits per heavy atom. The Morgan fingerprint density at radius 3 is 2.82 bits per heavy atom. The minimum atomic E-state index is -0.125. The van der Waals surface area contributed by atoms with E-state index in [-0.39, 0.29) is 5.78 Å². The number of carbonyl (C=O) groups excluding carboxylic acids is 1. The topological polar surface area (TPSA) is 22.0 Å². The maximum Gasteiger partial charge on any atom is 0.252 e. The fraction of sp³-hybridized carbons (Fsp3) is 0.222. The van der Waals surface area contributed by atoms with Gasteiger partial charge in [0.25, 0.3) is 5.78 Å². The number of hydrogen-bond donors (Lipinski definition) is 0. The Balaban J connectivity index is 2.99. The van der Waals surface area contributed by atoms with Crippen molar-refractivity contribution < 1.29 is 4.79 Å². The first-order valence-corrected chi connectivity index (χ1v) is 3.34. The number of aromatic nitrogens is 1. The zero-order valence-electron chi connectivity index (χ0n) is 6.59. The van der Waals surface area contributed by atoms with Crippen LogP contribution in [0.3, 0.4) is 0 Å². The molecule has 0 amide bonds. The number of hydrogen-bond acceptors (Lipinski definition) is 1. The third-order valence-corrected chi connectivity index (χ3v) is 1.41. The van der Waals surface area contributed by atoms with E-state index >= 15 is 0 Å². The van der Waals surface area contributed by atoms with Gasteiger partial charge in [0.2, 0.25) is 0 Å². The lowest BCUT2D eigenvalue weighted by atomic mass is 10.3. The van der Waals surface area contributed by atoms with Crippen molar-refractivity contribution in [2.75, 3.05) is 0 Å². The lowest BCUT2D eigenvalue weighted by Crippen LogP contribution is -2.01. The van der Waals surface area contributed by atoms with Crippen LogP contribution in [0.5, 0.6) is 0 Å². The van der Waals surface area contributed by atoms with Crippen molar-refractivity contribution in [1.82, 2.24) is 4.57 Å². The van der Waals surface area contributed by atoms with E-state index in [1.165, 1.54) is 0 Å². The average molecular weight is 147 g/mol. The first-order valence-electron chi connectivity index (χ1n) is 3.34. The zero-order valence-corrected chi connectivity index (χ0v) is 6.59. The summed E-state index contributed by atoms with van der Waals surface area (Å²) in [5.41, 5.74) is 0.638. The summed E-state index contributed by atoms with van der Waals surface area (Å²) in [4.78, 5) is 11.1. The molecule has 0 aliphatic rings. The number of rotatable bonds is 1. The number of Topliss-reactive ketones (excluding diaryl/α,β-unsaturated/α-hetero) is 1.